The van der Waals surface area contributed by atoms with Crippen LogP contribution in [0.15, 0.2) is 0 Å². The van der Waals surface area contributed by atoms with E-state index in [1.807, 2.05) is 0 Å². The molecule has 2 aliphatic rings. The predicted octanol–water partition coefficient (Wildman–Crippen LogP) is -0.750. The van der Waals surface area contributed by atoms with Gasteiger partial charge in [0.1, 0.15) is 12.2 Å². The Hall–Kier alpha value is -0.160. The third-order valence-corrected chi connectivity index (χ3v) is 3.80. The van der Waals surface area contributed by atoms with Crippen molar-refractivity contribution in [3.8, 4) is 0 Å². The molecular weight excluding hydrogens is 184 g/mol. The lowest BCUT2D eigenvalue weighted by molar-refractivity contribution is -0.190. The van der Waals surface area contributed by atoms with Crippen molar-refractivity contribution < 1.29 is 20.4 Å². The molecule has 82 valence electrons. The van der Waals surface area contributed by atoms with Crippen molar-refractivity contribution >= 4 is 0 Å². The quantitative estimate of drug-likeness (QED) is 0.416. The van der Waals surface area contributed by atoms with Crippen LogP contribution < -0.4 is 0 Å². The summed E-state index contributed by atoms with van der Waals surface area (Å²) in [5, 5.41) is 38.5. The van der Waals surface area contributed by atoms with Crippen molar-refractivity contribution in [1.29, 1.82) is 0 Å². The lowest BCUT2D eigenvalue weighted by Crippen LogP contribution is -2.59. The van der Waals surface area contributed by atoms with E-state index < -0.39 is 24.4 Å². The Labute approximate surface area is 83.2 Å². The summed E-state index contributed by atoms with van der Waals surface area (Å²) in [5.74, 6) is -0.0886. The third-order valence-electron chi connectivity index (χ3n) is 3.80. The second-order valence-electron chi connectivity index (χ2n) is 4.57. The van der Waals surface area contributed by atoms with Crippen molar-refractivity contribution in [3.05, 3.63) is 0 Å². The standard InChI is InChI=1S/C10H18O4/c11-7-5-3-1-2-4-6(5)8(12)10(14)9(7)13/h5-14H,1-4H2. The van der Waals surface area contributed by atoms with Gasteiger partial charge in [-0.05, 0) is 24.7 Å². The van der Waals surface area contributed by atoms with Gasteiger partial charge in [-0.1, -0.05) is 12.8 Å². The van der Waals surface area contributed by atoms with E-state index in [1.54, 1.807) is 0 Å². The van der Waals surface area contributed by atoms with E-state index in [1.165, 1.54) is 0 Å². The highest BCUT2D eigenvalue weighted by atomic mass is 16.4. The average Bonchev–Trinajstić information content (AvgIpc) is 2.23. The van der Waals surface area contributed by atoms with Gasteiger partial charge >= 0.3 is 0 Å². The van der Waals surface area contributed by atoms with Crippen LogP contribution >= 0.6 is 0 Å². The number of fused-ring (bicyclic) bond motifs is 1. The van der Waals surface area contributed by atoms with Gasteiger partial charge in [-0.2, -0.15) is 0 Å². The minimum absolute atomic E-state index is 0.0443. The molecule has 0 amide bonds. The van der Waals surface area contributed by atoms with E-state index in [0.29, 0.717) is 0 Å². The van der Waals surface area contributed by atoms with Crippen LogP contribution in [0.4, 0.5) is 0 Å². The van der Waals surface area contributed by atoms with Crippen molar-refractivity contribution in [2.75, 3.05) is 0 Å². The van der Waals surface area contributed by atoms with E-state index >= 15 is 0 Å². The van der Waals surface area contributed by atoms with Gasteiger partial charge < -0.3 is 20.4 Å². The lowest BCUT2D eigenvalue weighted by atomic mass is 9.66. The van der Waals surface area contributed by atoms with Gasteiger partial charge in [0.2, 0.25) is 0 Å². The maximum atomic E-state index is 9.74. The van der Waals surface area contributed by atoms with Crippen LogP contribution in [-0.4, -0.2) is 44.8 Å². The molecule has 2 saturated carbocycles. The molecule has 14 heavy (non-hydrogen) atoms. The maximum absolute atomic E-state index is 9.74. The fourth-order valence-electron chi connectivity index (χ4n) is 2.95. The van der Waals surface area contributed by atoms with Crippen molar-refractivity contribution in [3.63, 3.8) is 0 Å². The van der Waals surface area contributed by atoms with Crippen LogP contribution in [0.25, 0.3) is 0 Å². The summed E-state index contributed by atoms with van der Waals surface area (Å²) in [6, 6.07) is 0. The van der Waals surface area contributed by atoms with Crippen LogP contribution in [0.3, 0.4) is 0 Å². The molecule has 6 unspecified atom stereocenters. The highest BCUT2D eigenvalue weighted by Gasteiger charge is 2.48. The smallest absolute Gasteiger partial charge is 0.109 e. The first-order valence-electron chi connectivity index (χ1n) is 5.35. The van der Waals surface area contributed by atoms with E-state index in [-0.39, 0.29) is 11.8 Å². The Balaban J connectivity index is 2.16. The molecule has 4 N–H and O–H groups in total. The molecule has 2 rings (SSSR count). The summed E-state index contributed by atoms with van der Waals surface area (Å²) in [6.45, 7) is 0. The molecule has 6 atom stereocenters. The topological polar surface area (TPSA) is 80.9 Å². The zero-order valence-electron chi connectivity index (χ0n) is 8.08. The summed E-state index contributed by atoms with van der Waals surface area (Å²) in [5.41, 5.74) is 0. The summed E-state index contributed by atoms with van der Waals surface area (Å²) >= 11 is 0. The largest absolute Gasteiger partial charge is 0.390 e. The fraction of sp³-hybridized carbons (Fsp3) is 1.00. The minimum Gasteiger partial charge on any atom is -0.390 e. The summed E-state index contributed by atoms with van der Waals surface area (Å²) < 4.78 is 0. The van der Waals surface area contributed by atoms with Gasteiger partial charge in [-0.3, -0.25) is 0 Å². The zero-order chi connectivity index (χ0) is 10.3. The van der Waals surface area contributed by atoms with Crippen LogP contribution in [0.1, 0.15) is 25.7 Å². The molecule has 0 radical (unpaired) electrons. The molecule has 2 fully saturated rings. The molecule has 2 aliphatic carbocycles. The van der Waals surface area contributed by atoms with Crippen molar-refractivity contribution in [1.82, 2.24) is 0 Å². The lowest BCUT2D eigenvalue weighted by Gasteiger charge is -2.46. The predicted molar refractivity (Wildman–Crippen MR) is 49.5 cm³/mol. The van der Waals surface area contributed by atoms with Gasteiger partial charge in [0.25, 0.3) is 0 Å². The Morgan fingerprint density at radius 3 is 1.29 bits per heavy atom. The Kier molecular flexibility index (Phi) is 2.79. The first kappa shape index (κ1) is 10.4. The van der Waals surface area contributed by atoms with Gasteiger partial charge in [0.15, 0.2) is 0 Å². The van der Waals surface area contributed by atoms with E-state index in [9.17, 15) is 20.4 Å². The average molecular weight is 202 g/mol. The van der Waals surface area contributed by atoms with Crippen LogP contribution in [0.2, 0.25) is 0 Å². The molecule has 4 heteroatoms. The first-order chi connectivity index (χ1) is 6.63. The molecule has 0 bridgehead atoms. The van der Waals surface area contributed by atoms with Gasteiger partial charge in [-0.15, -0.1) is 0 Å². The summed E-state index contributed by atoms with van der Waals surface area (Å²) in [7, 11) is 0. The van der Waals surface area contributed by atoms with Gasteiger partial charge in [0, 0.05) is 0 Å². The molecule has 0 aliphatic heterocycles. The van der Waals surface area contributed by atoms with Crippen molar-refractivity contribution in [2.45, 2.75) is 50.1 Å². The van der Waals surface area contributed by atoms with Crippen molar-refractivity contribution in [2.24, 2.45) is 11.8 Å². The summed E-state index contributed by atoms with van der Waals surface area (Å²) in [4.78, 5) is 0. The number of aliphatic hydroxyl groups is 4. The Bertz CT molecular complexity index is 186. The number of aliphatic hydroxyl groups excluding tert-OH is 4. The zero-order valence-corrected chi connectivity index (χ0v) is 8.08. The Morgan fingerprint density at radius 1 is 0.571 bits per heavy atom. The third kappa shape index (κ3) is 1.46. The van der Waals surface area contributed by atoms with E-state index in [0.717, 1.165) is 25.7 Å². The van der Waals surface area contributed by atoms with Gasteiger partial charge in [0.05, 0.1) is 12.2 Å². The molecule has 0 aromatic carbocycles. The second kappa shape index (κ2) is 3.77. The van der Waals surface area contributed by atoms with Crippen LogP contribution in [0, 0.1) is 11.8 Å². The molecule has 0 saturated heterocycles. The number of hydrogen-bond acceptors (Lipinski definition) is 4. The highest BCUT2D eigenvalue weighted by molar-refractivity contribution is 4.99. The fourth-order valence-corrected chi connectivity index (χ4v) is 2.95. The maximum Gasteiger partial charge on any atom is 0.109 e. The second-order valence-corrected chi connectivity index (χ2v) is 4.57. The van der Waals surface area contributed by atoms with E-state index in [4.69, 9.17) is 0 Å². The van der Waals surface area contributed by atoms with E-state index in [2.05, 4.69) is 0 Å². The molecule has 0 heterocycles. The van der Waals surface area contributed by atoms with Crippen LogP contribution in [-0.2, 0) is 0 Å². The number of hydrogen-bond donors (Lipinski definition) is 4. The monoisotopic (exact) mass is 202 g/mol. The molecular formula is C10H18O4. The molecule has 4 nitrogen and oxygen atoms in total. The molecule has 0 aromatic heterocycles. The normalized spacial score (nSPS) is 54.0. The highest BCUT2D eigenvalue weighted by Crippen LogP contribution is 2.40. The number of rotatable bonds is 0. The molecule has 0 aromatic rings. The summed E-state index contributed by atoms with van der Waals surface area (Å²) in [6.07, 6.45) is -0.382. The first-order valence-corrected chi connectivity index (χ1v) is 5.35. The minimum atomic E-state index is -1.19. The molecule has 0 spiro atoms. The Morgan fingerprint density at radius 2 is 0.929 bits per heavy atom. The SMILES string of the molecule is OC1C(O)C(O)C2CCCCC2C1O. The van der Waals surface area contributed by atoms with Crippen LogP contribution in [0.5, 0.6) is 0 Å². The van der Waals surface area contributed by atoms with Gasteiger partial charge in [-0.25, -0.2) is 0 Å².